The Bertz CT molecular complexity index is 613. The van der Waals surface area contributed by atoms with Gasteiger partial charge in [-0.15, -0.1) is 0 Å². The Morgan fingerprint density at radius 1 is 1.35 bits per heavy atom. The van der Waals surface area contributed by atoms with Crippen LogP contribution in [-0.4, -0.2) is 23.2 Å². The maximum Gasteiger partial charge on any atom is 0.153 e. The van der Waals surface area contributed by atoms with E-state index in [0.717, 1.165) is 36.1 Å². The van der Waals surface area contributed by atoms with Crippen molar-refractivity contribution in [1.29, 1.82) is 0 Å². The average Bonchev–Trinajstić information content (AvgIpc) is 3.15. The summed E-state index contributed by atoms with van der Waals surface area (Å²) in [6, 6.07) is 8.11. The Balaban J connectivity index is 2.00. The molecule has 1 saturated carbocycles. The molecule has 104 valence electrons. The summed E-state index contributed by atoms with van der Waals surface area (Å²) in [6.45, 7) is 0. The number of hydrogen-bond acceptors (Lipinski definition) is 3. The Morgan fingerprint density at radius 2 is 2.15 bits per heavy atom. The lowest BCUT2D eigenvalue weighted by Crippen LogP contribution is -2.04. The second kappa shape index (κ2) is 5.49. The van der Waals surface area contributed by atoms with Gasteiger partial charge in [-0.1, -0.05) is 25.0 Å². The van der Waals surface area contributed by atoms with E-state index in [1.807, 2.05) is 35.1 Å². The molecule has 2 aromatic rings. The lowest BCUT2D eigenvalue weighted by atomic mass is 10.1. The molecule has 0 amide bonds. The standard InChI is InChI=1S/C16H18N2O2/c1-20-15-8-4-5-12(9-15)16-13(11-19)10-18(17-16)14-6-2-3-7-14/h4-5,8-11,14H,2-3,6-7H2,1H3. The lowest BCUT2D eigenvalue weighted by molar-refractivity contribution is 0.112. The minimum Gasteiger partial charge on any atom is -0.497 e. The summed E-state index contributed by atoms with van der Waals surface area (Å²) in [6.07, 6.45) is 7.55. The van der Waals surface area contributed by atoms with Gasteiger partial charge in [-0.2, -0.15) is 5.10 Å². The molecule has 0 atom stereocenters. The summed E-state index contributed by atoms with van der Waals surface area (Å²) < 4.78 is 7.20. The average molecular weight is 270 g/mol. The molecule has 0 saturated heterocycles. The third kappa shape index (κ3) is 2.33. The number of aromatic nitrogens is 2. The van der Waals surface area contributed by atoms with E-state index in [4.69, 9.17) is 4.74 Å². The highest BCUT2D eigenvalue weighted by Gasteiger charge is 2.20. The fourth-order valence-electron chi connectivity index (χ4n) is 2.84. The first kappa shape index (κ1) is 12.9. The molecule has 0 spiro atoms. The molecule has 4 nitrogen and oxygen atoms in total. The van der Waals surface area contributed by atoms with Crippen molar-refractivity contribution >= 4 is 6.29 Å². The van der Waals surface area contributed by atoms with Crippen LogP contribution in [0.2, 0.25) is 0 Å². The van der Waals surface area contributed by atoms with Crippen LogP contribution in [0.5, 0.6) is 5.75 Å². The van der Waals surface area contributed by atoms with E-state index >= 15 is 0 Å². The number of aldehydes is 1. The van der Waals surface area contributed by atoms with Crippen molar-refractivity contribution in [1.82, 2.24) is 9.78 Å². The van der Waals surface area contributed by atoms with E-state index in [-0.39, 0.29) is 0 Å². The van der Waals surface area contributed by atoms with Gasteiger partial charge in [0.15, 0.2) is 6.29 Å². The summed E-state index contributed by atoms with van der Waals surface area (Å²) >= 11 is 0. The smallest absolute Gasteiger partial charge is 0.153 e. The Labute approximate surface area is 118 Å². The minimum atomic E-state index is 0.438. The van der Waals surface area contributed by atoms with E-state index < -0.39 is 0 Å². The second-order valence-corrected chi connectivity index (χ2v) is 5.20. The number of hydrogen-bond donors (Lipinski definition) is 0. The van der Waals surface area contributed by atoms with E-state index in [0.29, 0.717) is 11.6 Å². The van der Waals surface area contributed by atoms with Gasteiger partial charge in [-0.3, -0.25) is 9.48 Å². The van der Waals surface area contributed by atoms with Crippen molar-refractivity contribution in [3.63, 3.8) is 0 Å². The third-order valence-electron chi connectivity index (χ3n) is 3.93. The molecule has 0 unspecified atom stereocenters. The lowest BCUT2D eigenvalue weighted by Gasteiger charge is -2.08. The molecule has 1 aromatic heterocycles. The molecular formula is C16H18N2O2. The highest BCUT2D eigenvalue weighted by molar-refractivity contribution is 5.85. The van der Waals surface area contributed by atoms with E-state index in [1.54, 1.807) is 7.11 Å². The van der Waals surface area contributed by atoms with Crippen LogP contribution in [0, 0.1) is 0 Å². The molecule has 0 aliphatic heterocycles. The predicted octanol–water partition coefficient (Wildman–Crippen LogP) is 3.49. The van der Waals surface area contributed by atoms with Crippen molar-refractivity contribution in [3.05, 3.63) is 36.0 Å². The molecule has 1 fully saturated rings. The number of rotatable bonds is 4. The fourth-order valence-corrected chi connectivity index (χ4v) is 2.84. The number of carbonyl (C=O) groups excluding carboxylic acids is 1. The van der Waals surface area contributed by atoms with Crippen LogP contribution in [0.3, 0.4) is 0 Å². The molecule has 1 aliphatic carbocycles. The maximum absolute atomic E-state index is 11.3. The largest absolute Gasteiger partial charge is 0.497 e. The zero-order valence-corrected chi connectivity index (χ0v) is 11.6. The summed E-state index contributed by atoms with van der Waals surface area (Å²) in [5, 5.41) is 4.64. The van der Waals surface area contributed by atoms with Crippen LogP contribution in [0.15, 0.2) is 30.5 Å². The molecule has 1 aliphatic rings. The number of carbonyl (C=O) groups is 1. The number of methoxy groups -OCH3 is 1. The molecule has 0 bridgehead atoms. The molecular weight excluding hydrogens is 252 g/mol. The number of ether oxygens (including phenoxy) is 1. The van der Waals surface area contributed by atoms with Crippen LogP contribution in [-0.2, 0) is 0 Å². The molecule has 0 radical (unpaired) electrons. The van der Waals surface area contributed by atoms with Crippen LogP contribution >= 0.6 is 0 Å². The summed E-state index contributed by atoms with van der Waals surface area (Å²) in [5.41, 5.74) is 2.30. The van der Waals surface area contributed by atoms with Gasteiger partial charge in [0, 0.05) is 11.8 Å². The van der Waals surface area contributed by atoms with Gasteiger partial charge >= 0.3 is 0 Å². The van der Waals surface area contributed by atoms with Crippen molar-refractivity contribution in [2.75, 3.05) is 7.11 Å². The Hall–Kier alpha value is -2.10. The van der Waals surface area contributed by atoms with E-state index in [9.17, 15) is 4.79 Å². The zero-order valence-electron chi connectivity index (χ0n) is 11.6. The molecule has 1 heterocycles. The Kier molecular flexibility index (Phi) is 3.54. The second-order valence-electron chi connectivity index (χ2n) is 5.20. The molecule has 4 heteroatoms. The predicted molar refractivity (Wildman–Crippen MR) is 77.1 cm³/mol. The first-order valence-electron chi connectivity index (χ1n) is 7.00. The highest BCUT2D eigenvalue weighted by atomic mass is 16.5. The van der Waals surface area contributed by atoms with Gasteiger partial charge in [-0.05, 0) is 25.0 Å². The van der Waals surface area contributed by atoms with Crippen molar-refractivity contribution in [2.45, 2.75) is 31.7 Å². The minimum absolute atomic E-state index is 0.438. The quantitative estimate of drug-likeness (QED) is 0.799. The molecule has 1 aromatic carbocycles. The van der Waals surface area contributed by atoms with Gasteiger partial charge in [0.1, 0.15) is 11.4 Å². The van der Waals surface area contributed by atoms with Crippen LogP contribution < -0.4 is 4.74 Å². The summed E-state index contributed by atoms with van der Waals surface area (Å²) in [4.78, 5) is 11.3. The highest BCUT2D eigenvalue weighted by Crippen LogP contribution is 2.32. The van der Waals surface area contributed by atoms with E-state index in [1.165, 1.54) is 12.8 Å². The fraction of sp³-hybridized carbons (Fsp3) is 0.375. The Morgan fingerprint density at radius 3 is 2.85 bits per heavy atom. The number of benzene rings is 1. The van der Waals surface area contributed by atoms with Crippen molar-refractivity contribution < 1.29 is 9.53 Å². The topological polar surface area (TPSA) is 44.1 Å². The van der Waals surface area contributed by atoms with Gasteiger partial charge in [0.2, 0.25) is 0 Å². The number of nitrogens with zero attached hydrogens (tertiary/aromatic N) is 2. The maximum atomic E-state index is 11.3. The van der Waals surface area contributed by atoms with Crippen molar-refractivity contribution in [3.8, 4) is 17.0 Å². The normalized spacial score (nSPS) is 15.4. The van der Waals surface area contributed by atoms with E-state index in [2.05, 4.69) is 5.10 Å². The van der Waals surface area contributed by atoms with Gasteiger partial charge in [-0.25, -0.2) is 0 Å². The van der Waals surface area contributed by atoms with Crippen LogP contribution in [0.1, 0.15) is 42.1 Å². The molecule has 3 rings (SSSR count). The monoisotopic (exact) mass is 270 g/mol. The van der Waals surface area contributed by atoms with Crippen LogP contribution in [0.25, 0.3) is 11.3 Å². The summed E-state index contributed by atoms with van der Waals surface area (Å²) in [7, 11) is 1.64. The first-order valence-corrected chi connectivity index (χ1v) is 7.00. The van der Waals surface area contributed by atoms with Crippen LogP contribution in [0.4, 0.5) is 0 Å². The molecule has 20 heavy (non-hydrogen) atoms. The van der Waals surface area contributed by atoms with Gasteiger partial charge < -0.3 is 4.74 Å². The SMILES string of the molecule is COc1cccc(-c2nn(C3CCCC3)cc2C=O)c1. The summed E-state index contributed by atoms with van der Waals surface area (Å²) in [5.74, 6) is 0.773. The molecule has 0 N–H and O–H groups in total. The zero-order chi connectivity index (χ0) is 13.9. The van der Waals surface area contributed by atoms with Gasteiger partial charge in [0.25, 0.3) is 0 Å². The third-order valence-corrected chi connectivity index (χ3v) is 3.93. The first-order chi connectivity index (χ1) is 9.81. The van der Waals surface area contributed by atoms with Crippen molar-refractivity contribution in [2.24, 2.45) is 0 Å². The van der Waals surface area contributed by atoms with Gasteiger partial charge in [0.05, 0.1) is 18.7 Å².